The molecule has 1 aliphatic heterocycles. The summed E-state index contributed by atoms with van der Waals surface area (Å²) in [6, 6.07) is 4.19. The Kier molecular flexibility index (Phi) is 6.59. The molecule has 0 saturated carbocycles. The second-order valence-corrected chi connectivity index (χ2v) is 2.85. The highest BCUT2D eigenvalue weighted by atomic mass is 15.0. The summed E-state index contributed by atoms with van der Waals surface area (Å²) in [4.78, 5) is 8.59. The Hall–Kier alpha value is -1.18. The highest BCUT2D eigenvalue weighted by molar-refractivity contribution is 5.20. The van der Waals surface area contributed by atoms with E-state index >= 15 is 0 Å². The zero-order valence-electron chi connectivity index (χ0n) is 10.8. The van der Waals surface area contributed by atoms with Crippen LogP contribution in [-0.4, -0.2) is 6.67 Å². The molecule has 0 saturated heterocycles. The molecule has 84 valence electrons. The molecule has 0 fully saturated rings. The molecule has 2 nitrogen and oxygen atoms in total. The van der Waals surface area contributed by atoms with Crippen LogP contribution in [0, 0.1) is 13.8 Å². The molecule has 0 aromatic heterocycles. The second kappa shape index (κ2) is 7.16. The first-order valence-corrected chi connectivity index (χ1v) is 5.74. The van der Waals surface area contributed by atoms with Crippen molar-refractivity contribution in [3.8, 4) is 0 Å². The highest BCUT2D eigenvalue weighted by Crippen LogP contribution is 1.92. The molecule has 0 bridgehead atoms. The van der Waals surface area contributed by atoms with Gasteiger partial charge in [0.05, 0.1) is 10.7 Å². The van der Waals surface area contributed by atoms with Gasteiger partial charge in [0, 0.05) is 0 Å². The molecule has 0 radical (unpaired) electrons. The number of hydrogen-bond acceptors (Lipinski definition) is 2. The van der Waals surface area contributed by atoms with Crippen LogP contribution in [0.1, 0.15) is 38.8 Å². The third-order valence-electron chi connectivity index (χ3n) is 2.01. The van der Waals surface area contributed by atoms with Crippen molar-refractivity contribution in [3.63, 3.8) is 0 Å². The molecule has 0 amide bonds. The predicted molar refractivity (Wildman–Crippen MR) is 65.8 cm³/mol. The van der Waals surface area contributed by atoms with E-state index in [1.54, 1.807) is 0 Å². The third-order valence-corrected chi connectivity index (χ3v) is 2.01. The van der Waals surface area contributed by atoms with E-state index in [-0.39, 0.29) is 0 Å². The zero-order valence-corrected chi connectivity index (χ0v) is 10.8. The summed E-state index contributed by atoms with van der Waals surface area (Å²) in [5.74, 6) is 0. The van der Waals surface area contributed by atoms with Crippen LogP contribution in [0.3, 0.4) is 0 Å². The van der Waals surface area contributed by atoms with E-state index in [4.69, 9.17) is 0 Å². The van der Waals surface area contributed by atoms with Crippen LogP contribution in [0.2, 0.25) is 0 Å². The SMILES string of the molecule is CC.CC.Cc1ccc(C)c2c1=NCN=2. The highest BCUT2D eigenvalue weighted by Gasteiger charge is 2.00. The number of hydrogen-bond donors (Lipinski definition) is 0. The largest absolute Gasteiger partial charge is 0.259 e. The summed E-state index contributed by atoms with van der Waals surface area (Å²) in [6.45, 7) is 12.8. The Balaban J connectivity index is 0.000000442. The van der Waals surface area contributed by atoms with Gasteiger partial charge in [-0.2, -0.15) is 0 Å². The molecule has 0 unspecified atom stereocenters. The van der Waals surface area contributed by atoms with Crippen molar-refractivity contribution in [1.82, 2.24) is 0 Å². The smallest absolute Gasteiger partial charge is 0.130 e. The number of aryl methyl sites for hydroxylation is 2. The average molecular weight is 206 g/mol. The van der Waals surface area contributed by atoms with E-state index in [0.717, 1.165) is 10.7 Å². The molecule has 1 aliphatic rings. The molecule has 0 atom stereocenters. The molecule has 1 aromatic carbocycles. The van der Waals surface area contributed by atoms with E-state index in [1.165, 1.54) is 11.1 Å². The molecule has 2 heteroatoms. The van der Waals surface area contributed by atoms with Gasteiger partial charge in [0.1, 0.15) is 6.67 Å². The van der Waals surface area contributed by atoms with E-state index in [2.05, 4.69) is 36.0 Å². The van der Waals surface area contributed by atoms with Gasteiger partial charge in [0.25, 0.3) is 0 Å². The van der Waals surface area contributed by atoms with Gasteiger partial charge in [-0.3, -0.25) is 9.98 Å². The molecule has 0 aliphatic carbocycles. The molecule has 1 aromatic rings. The Morgan fingerprint density at radius 1 is 0.800 bits per heavy atom. The van der Waals surface area contributed by atoms with Crippen LogP contribution >= 0.6 is 0 Å². The number of benzene rings is 1. The maximum atomic E-state index is 4.29. The Labute approximate surface area is 92.8 Å². The normalized spacial score (nSPS) is 10.8. The van der Waals surface area contributed by atoms with Crippen LogP contribution in [-0.2, 0) is 0 Å². The Bertz CT molecular complexity index is 366. The van der Waals surface area contributed by atoms with Gasteiger partial charge < -0.3 is 0 Å². The average Bonchev–Trinajstić information content (AvgIpc) is 2.79. The van der Waals surface area contributed by atoms with Gasteiger partial charge in [-0.25, -0.2) is 0 Å². The monoisotopic (exact) mass is 206 g/mol. The lowest BCUT2D eigenvalue weighted by molar-refractivity contribution is 1.05. The molecule has 2 rings (SSSR count). The maximum Gasteiger partial charge on any atom is 0.130 e. The number of nitrogens with zero attached hydrogens (tertiary/aromatic N) is 2. The van der Waals surface area contributed by atoms with Gasteiger partial charge in [0.2, 0.25) is 0 Å². The fourth-order valence-corrected chi connectivity index (χ4v) is 1.36. The minimum absolute atomic E-state index is 0.612. The van der Waals surface area contributed by atoms with Crippen LogP contribution < -0.4 is 10.7 Å². The zero-order chi connectivity index (χ0) is 11.8. The summed E-state index contributed by atoms with van der Waals surface area (Å²) in [5.41, 5.74) is 2.46. The van der Waals surface area contributed by atoms with Gasteiger partial charge >= 0.3 is 0 Å². The minimum atomic E-state index is 0.612. The molecule has 1 heterocycles. The first-order chi connectivity index (χ1) is 7.29. The minimum Gasteiger partial charge on any atom is -0.259 e. The molecule has 0 spiro atoms. The van der Waals surface area contributed by atoms with Crippen molar-refractivity contribution in [3.05, 3.63) is 34.0 Å². The van der Waals surface area contributed by atoms with Crippen molar-refractivity contribution in [2.75, 3.05) is 6.67 Å². The standard InChI is InChI=1S/C9H10N2.2C2H6/c1-6-3-4-7(2)9-8(6)10-5-11-9;2*1-2/h3-4H,5H2,1-2H3;2*1-2H3. The number of rotatable bonds is 0. The van der Waals surface area contributed by atoms with E-state index in [9.17, 15) is 0 Å². The lowest BCUT2D eigenvalue weighted by Gasteiger charge is -1.93. The lowest BCUT2D eigenvalue weighted by Crippen LogP contribution is -2.26. The van der Waals surface area contributed by atoms with Crippen molar-refractivity contribution >= 4 is 0 Å². The quantitative estimate of drug-likeness (QED) is 0.623. The topological polar surface area (TPSA) is 24.7 Å². The van der Waals surface area contributed by atoms with Crippen molar-refractivity contribution in [2.45, 2.75) is 41.5 Å². The van der Waals surface area contributed by atoms with Gasteiger partial charge in [-0.1, -0.05) is 39.8 Å². The van der Waals surface area contributed by atoms with Crippen LogP contribution in [0.4, 0.5) is 0 Å². The van der Waals surface area contributed by atoms with Crippen LogP contribution in [0.25, 0.3) is 0 Å². The fourth-order valence-electron chi connectivity index (χ4n) is 1.36. The van der Waals surface area contributed by atoms with Crippen molar-refractivity contribution < 1.29 is 0 Å². The Morgan fingerprint density at radius 2 is 1.13 bits per heavy atom. The summed E-state index contributed by atoms with van der Waals surface area (Å²) in [6.07, 6.45) is 0. The van der Waals surface area contributed by atoms with E-state index in [0.29, 0.717) is 6.67 Å². The van der Waals surface area contributed by atoms with Crippen LogP contribution in [0.15, 0.2) is 22.1 Å². The summed E-state index contributed by atoms with van der Waals surface area (Å²) >= 11 is 0. The first-order valence-electron chi connectivity index (χ1n) is 5.74. The second-order valence-electron chi connectivity index (χ2n) is 2.85. The van der Waals surface area contributed by atoms with E-state index < -0.39 is 0 Å². The van der Waals surface area contributed by atoms with Crippen LogP contribution in [0.5, 0.6) is 0 Å². The van der Waals surface area contributed by atoms with Gasteiger partial charge in [-0.15, -0.1) is 0 Å². The molecular formula is C13H22N2. The summed E-state index contributed by atoms with van der Waals surface area (Å²) in [5, 5.41) is 2.18. The van der Waals surface area contributed by atoms with Gasteiger partial charge in [-0.05, 0) is 25.0 Å². The lowest BCUT2D eigenvalue weighted by atomic mass is 10.1. The van der Waals surface area contributed by atoms with Crippen molar-refractivity contribution in [1.29, 1.82) is 0 Å². The first kappa shape index (κ1) is 13.8. The van der Waals surface area contributed by atoms with E-state index in [1.807, 2.05) is 27.7 Å². The molecule has 0 N–H and O–H groups in total. The molecular weight excluding hydrogens is 184 g/mol. The summed E-state index contributed by atoms with van der Waals surface area (Å²) < 4.78 is 0. The number of fused-ring (bicyclic) bond motifs is 1. The summed E-state index contributed by atoms with van der Waals surface area (Å²) in [7, 11) is 0. The van der Waals surface area contributed by atoms with Gasteiger partial charge in [0.15, 0.2) is 0 Å². The Morgan fingerprint density at radius 3 is 1.47 bits per heavy atom. The third kappa shape index (κ3) is 3.15. The fraction of sp³-hybridized carbons (Fsp3) is 0.538. The maximum absolute atomic E-state index is 4.29. The predicted octanol–water partition coefficient (Wildman–Crippen LogP) is 2.57. The van der Waals surface area contributed by atoms with Crippen molar-refractivity contribution in [2.24, 2.45) is 9.98 Å². The molecule has 15 heavy (non-hydrogen) atoms.